The third-order valence-electron chi connectivity index (χ3n) is 7.54. The van der Waals surface area contributed by atoms with Gasteiger partial charge in [0, 0.05) is 0 Å². The predicted molar refractivity (Wildman–Crippen MR) is 167 cm³/mol. The summed E-state index contributed by atoms with van der Waals surface area (Å²) in [6.45, 7) is 0. The van der Waals surface area contributed by atoms with E-state index in [1.54, 1.807) is 0 Å². The van der Waals surface area contributed by atoms with Crippen molar-refractivity contribution in [2.24, 2.45) is 0 Å². The Morgan fingerprint density at radius 1 is 0.419 bits per heavy atom. The van der Waals surface area contributed by atoms with Crippen LogP contribution in [0.25, 0.3) is 44.8 Å². The van der Waals surface area contributed by atoms with Crippen molar-refractivity contribution in [2.75, 3.05) is 0 Å². The number of aromatic nitrogens is 4. The third kappa shape index (κ3) is 4.53. The molecule has 0 atom stereocenters. The summed E-state index contributed by atoms with van der Waals surface area (Å²) in [6, 6.07) is 53.5. The molecule has 6 aromatic carbocycles. The second-order valence-electron chi connectivity index (χ2n) is 10.3. The van der Waals surface area contributed by atoms with Crippen LogP contribution in [0, 0.1) is 12.7 Å². The minimum absolute atomic E-state index is 0.743. The van der Waals surface area contributed by atoms with E-state index in [9.17, 15) is 0 Å². The van der Waals surface area contributed by atoms with E-state index in [0.717, 1.165) is 56.3 Å². The molecule has 0 bridgehead atoms. The van der Waals surface area contributed by atoms with Crippen molar-refractivity contribution in [3.05, 3.63) is 170 Å². The van der Waals surface area contributed by atoms with Gasteiger partial charge in [-0.15, -0.1) is 0 Å². The number of nitrogens with zero attached hydrogens (tertiary/aromatic N) is 4. The molecule has 0 aliphatic carbocycles. The van der Waals surface area contributed by atoms with Gasteiger partial charge in [-0.1, -0.05) is 97.1 Å². The first-order valence-electron chi connectivity index (χ1n) is 14.2. The second-order valence-corrected chi connectivity index (χ2v) is 10.3. The zero-order valence-corrected chi connectivity index (χ0v) is 23.2. The van der Waals surface area contributed by atoms with Gasteiger partial charge in [0.25, 0.3) is 12.7 Å². The Morgan fingerprint density at radius 3 is 1.30 bits per heavy atom. The molecule has 5 nitrogen and oxygen atoms in total. The maximum atomic E-state index is 6.44. The van der Waals surface area contributed by atoms with Crippen LogP contribution in [-0.2, 0) is 0 Å². The molecular weight excluding hydrogens is 528 g/mol. The molecule has 0 aliphatic rings. The predicted octanol–water partition coefficient (Wildman–Crippen LogP) is 7.52. The summed E-state index contributed by atoms with van der Waals surface area (Å²) in [6.07, 6.45) is 7.09. The molecule has 8 aromatic rings. The topological polar surface area (TPSA) is 26.8 Å². The molecule has 0 saturated heterocycles. The summed E-state index contributed by atoms with van der Waals surface area (Å²) < 4.78 is 14.8. The van der Waals surface area contributed by atoms with Crippen LogP contribution in [0.1, 0.15) is 0 Å². The Balaban J connectivity index is 1.15. The van der Waals surface area contributed by atoms with Gasteiger partial charge in [-0.25, -0.2) is 0 Å². The van der Waals surface area contributed by atoms with Gasteiger partial charge in [0.1, 0.15) is 11.5 Å². The van der Waals surface area contributed by atoms with E-state index >= 15 is 0 Å². The Labute approximate surface area is 249 Å². The molecule has 0 aliphatic heterocycles. The molecule has 0 fully saturated rings. The molecular formula is C38H26N4O. The minimum Gasteiger partial charge on any atom is -0.458 e. The molecule has 0 radical (unpaired) electrons. The van der Waals surface area contributed by atoms with Gasteiger partial charge in [0.2, 0.25) is 0 Å². The van der Waals surface area contributed by atoms with E-state index in [1.165, 1.54) is 0 Å². The maximum Gasteiger partial charge on any atom is 0.269 e. The molecule has 2 heterocycles. The quantitative estimate of drug-likeness (QED) is 0.154. The molecule has 204 valence electrons. The maximum absolute atomic E-state index is 6.44. The van der Waals surface area contributed by atoms with Crippen molar-refractivity contribution in [3.8, 4) is 34.2 Å². The largest absolute Gasteiger partial charge is 0.458 e. The molecule has 8 rings (SSSR count). The second kappa shape index (κ2) is 10.5. The van der Waals surface area contributed by atoms with Crippen LogP contribution in [-0.4, -0.2) is 9.13 Å². The lowest BCUT2D eigenvalue weighted by atomic mass is 10.2. The van der Waals surface area contributed by atoms with Crippen molar-refractivity contribution < 1.29 is 13.9 Å². The van der Waals surface area contributed by atoms with E-state index in [4.69, 9.17) is 4.74 Å². The van der Waals surface area contributed by atoms with E-state index in [1.807, 2.05) is 72.8 Å². The van der Waals surface area contributed by atoms with E-state index in [-0.39, 0.29) is 0 Å². The van der Waals surface area contributed by atoms with E-state index < -0.39 is 0 Å². The fraction of sp³-hybridized carbons (Fsp3) is 0. The molecule has 0 spiro atoms. The molecule has 5 heteroatoms. The number of imidazole rings is 2. The summed E-state index contributed by atoms with van der Waals surface area (Å²) in [5.74, 6) is 1.49. The molecule has 0 unspecified atom stereocenters. The number of hydrogen-bond donors (Lipinski definition) is 0. The highest BCUT2D eigenvalue weighted by Crippen LogP contribution is 2.28. The van der Waals surface area contributed by atoms with Crippen molar-refractivity contribution >= 4 is 22.1 Å². The SMILES string of the molecule is [c-]1n(-c2cccc(Oc3cccc(-n4[c-][n+](-c5ccccc5)c5ccccc54)c3)c2)c2ccccc2[n+]1-c1ccccc1. The average molecular weight is 555 g/mol. The Hall–Kier alpha value is -5.94. The Bertz CT molecular complexity index is 2060. The van der Waals surface area contributed by atoms with Crippen LogP contribution in [0.2, 0.25) is 0 Å². The van der Waals surface area contributed by atoms with Gasteiger partial charge in [-0.2, -0.15) is 0 Å². The number of para-hydroxylation sites is 6. The van der Waals surface area contributed by atoms with E-state index in [2.05, 4.69) is 116 Å². The highest BCUT2D eigenvalue weighted by atomic mass is 16.5. The molecule has 2 aromatic heterocycles. The number of benzene rings is 6. The highest BCUT2D eigenvalue weighted by Gasteiger charge is 2.14. The van der Waals surface area contributed by atoms with Gasteiger partial charge < -0.3 is 4.74 Å². The average Bonchev–Trinajstić information content (AvgIpc) is 3.66. The van der Waals surface area contributed by atoms with Crippen LogP contribution >= 0.6 is 0 Å². The standard InChI is InChI=1S/C38H26N4O/c1-3-13-29(14-4-1)39-27-41(37-23-9-7-21-35(37)39)31-17-11-19-33(25-31)43-34-20-12-18-32(26-34)42-28-40(30-15-5-2-6-16-30)36-22-8-10-24-38(36)42/h1-26H. The van der Waals surface area contributed by atoms with Gasteiger partial charge in [-0.3, -0.25) is 18.3 Å². The molecule has 0 N–H and O–H groups in total. The summed E-state index contributed by atoms with van der Waals surface area (Å²) in [7, 11) is 0. The zero-order chi connectivity index (χ0) is 28.6. The van der Waals surface area contributed by atoms with E-state index in [0.29, 0.717) is 0 Å². The Kier molecular flexibility index (Phi) is 6.05. The first-order chi connectivity index (χ1) is 21.3. The van der Waals surface area contributed by atoms with Crippen LogP contribution in [0.4, 0.5) is 0 Å². The molecule has 43 heavy (non-hydrogen) atoms. The van der Waals surface area contributed by atoms with Gasteiger partial charge >= 0.3 is 0 Å². The fourth-order valence-electron chi connectivity index (χ4n) is 5.55. The monoisotopic (exact) mass is 554 g/mol. The zero-order valence-electron chi connectivity index (χ0n) is 23.2. The Morgan fingerprint density at radius 2 is 0.837 bits per heavy atom. The number of hydrogen-bond acceptors (Lipinski definition) is 1. The lowest BCUT2D eigenvalue weighted by Crippen LogP contribution is -2.29. The lowest BCUT2D eigenvalue weighted by molar-refractivity contribution is -0.572. The van der Waals surface area contributed by atoms with Crippen LogP contribution in [0.15, 0.2) is 158 Å². The van der Waals surface area contributed by atoms with Crippen molar-refractivity contribution in [1.29, 1.82) is 0 Å². The highest BCUT2D eigenvalue weighted by molar-refractivity contribution is 5.75. The third-order valence-corrected chi connectivity index (χ3v) is 7.54. The molecule has 0 saturated carbocycles. The summed E-state index contributed by atoms with van der Waals surface area (Å²) in [5.41, 5.74) is 8.33. The summed E-state index contributed by atoms with van der Waals surface area (Å²) in [5, 5.41) is 0. The lowest BCUT2D eigenvalue weighted by Gasteiger charge is -2.10. The number of fused-ring (bicyclic) bond motifs is 2. The summed E-state index contributed by atoms with van der Waals surface area (Å²) >= 11 is 0. The smallest absolute Gasteiger partial charge is 0.269 e. The first-order valence-corrected chi connectivity index (χ1v) is 14.2. The fourth-order valence-corrected chi connectivity index (χ4v) is 5.55. The number of rotatable bonds is 6. The van der Waals surface area contributed by atoms with Crippen molar-refractivity contribution in [1.82, 2.24) is 9.13 Å². The van der Waals surface area contributed by atoms with Crippen LogP contribution in [0.3, 0.4) is 0 Å². The van der Waals surface area contributed by atoms with Crippen molar-refractivity contribution in [3.63, 3.8) is 0 Å². The van der Waals surface area contributed by atoms with Crippen LogP contribution in [0.5, 0.6) is 11.5 Å². The van der Waals surface area contributed by atoms with Crippen LogP contribution < -0.4 is 13.9 Å². The van der Waals surface area contributed by atoms with Gasteiger partial charge in [-0.05, 0) is 60.7 Å². The molecule has 0 amide bonds. The minimum atomic E-state index is 0.743. The number of ether oxygens (including phenoxy) is 1. The summed E-state index contributed by atoms with van der Waals surface area (Å²) in [4.78, 5) is 0. The normalized spacial score (nSPS) is 11.3. The first kappa shape index (κ1) is 24.8. The van der Waals surface area contributed by atoms with Gasteiger partial charge in [0.15, 0.2) is 0 Å². The van der Waals surface area contributed by atoms with Gasteiger partial charge in [0.05, 0.1) is 44.8 Å². The van der Waals surface area contributed by atoms with Crippen molar-refractivity contribution in [2.45, 2.75) is 0 Å².